The monoisotopic (exact) mass is 191 g/mol. The van der Waals surface area contributed by atoms with E-state index in [1.807, 2.05) is 18.2 Å². The van der Waals surface area contributed by atoms with Crippen molar-refractivity contribution in [3.05, 3.63) is 35.9 Å². The molecule has 0 aromatic heterocycles. The molecule has 1 aromatic carbocycles. The molecule has 2 N–H and O–H groups in total. The van der Waals surface area contributed by atoms with Crippen LogP contribution < -0.4 is 5.32 Å². The summed E-state index contributed by atoms with van der Waals surface area (Å²) in [7, 11) is 0. The second kappa shape index (κ2) is 4.58. The lowest BCUT2D eigenvalue weighted by Crippen LogP contribution is -2.24. The Kier molecular flexibility index (Phi) is 3.17. The zero-order chi connectivity index (χ0) is 9.80. The second-order valence-corrected chi connectivity index (χ2v) is 3.92. The average molecular weight is 191 g/mol. The molecule has 1 aliphatic rings. The van der Waals surface area contributed by atoms with Gasteiger partial charge in [0.2, 0.25) is 0 Å². The van der Waals surface area contributed by atoms with E-state index in [2.05, 4.69) is 17.4 Å². The van der Waals surface area contributed by atoms with Gasteiger partial charge < -0.3 is 10.4 Å². The van der Waals surface area contributed by atoms with Gasteiger partial charge in [-0.2, -0.15) is 0 Å². The highest BCUT2D eigenvalue weighted by molar-refractivity contribution is 5.19. The molecule has 2 heteroatoms. The fourth-order valence-electron chi connectivity index (χ4n) is 1.70. The van der Waals surface area contributed by atoms with Crippen LogP contribution in [-0.2, 0) is 0 Å². The molecular weight excluding hydrogens is 174 g/mol. The number of aliphatic hydroxyl groups is 1. The molecule has 0 radical (unpaired) electrons. The van der Waals surface area contributed by atoms with Crippen LogP contribution in [0.5, 0.6) is 0 Å². The molecule has 0 saturated heterocycles. The molecule has 1 aromatic rings. The van der Waals surface area contributed by atoms with Gasteiger partial charge >= 0.3 is 0 Å². The summed E-state index contributed by atoms with van der Waals surface area (Å²) >= 11 is 0. The minimum Gasteiger partial charge on any atom is -0.396 e. The Hall–Kier alpha value is -0.860. The number of benzene rings is 1. The van der Waals surface area contributed by atoms with Crippen LogP contribution in [0.1, 0.15) is 30.9 Å². The molecule has 2 rings (SSSR count). The van der Waals surface area contributed by atoms with Crippen LogP contribution in [-0.4, -0.2) is 17.8 Å². The van der Waals surface area contributed by atoms with Gasteiger partial charge in [-0.1, -0.05) is 30.3 Å². The lowest BCUT2D eigenvalue weighted by molar-refractivity contribution is 0.265. The Morgan fingerprint density at radius 1 is 1.29 bits per heavy atom. The van der Waals surface area contributed by atoms with Crippen molar-refractivity contribution in [3.63, 3.8) is 0 Å². The molecule has 14 heavy (non-hydrogen) atoms. The largest absolute Gasteiger partial charge is 0.396 e. The Labute approximate surface area is 85.0 Å². The van der Waals surface area contributed by atoms with Crippen LogP contribution in [0.3, 0.4) is 0 Å². The summed E-state index contributed by atoms with van der Waals surface area (Å²) in [5, 5.41) is 12.5. The highest BCUT2D eigenvalue weighted by Gasteiger charge is 2.24. The molecule has 1 fully saturated rings. The number of nitrogens with one attached hydrogen (secondary N) is 1. The molecule has 0 spiro atoms. The molecule has 1 unspecified atom stereocenters. The van der Waals surface area contributed by atoms with Crippen molar-refractivity contribution in [3.8, 4) is 0 Å². The van der Waals surface area contributed by atoms with E-state index in [0.29, 0.717) is 12.1 Å². The van der Waals surface area contributed by atoms with Crippen molar-refractivity contribution in [1.82, 2.24) is 5.32 Å². The number of hydrogen-bond acceptors (Lipinski definition) is 2. The standard InChI is InChI=1S/C12H17NO/c14-9-8-12(13-11-6-7-11)10-4-2-1-3-5-10/h1-5,11-14H,6-9H2. The highest BCUT2D eigenvalue weighted by Crippen LogP contribution is 2.25. The van der Waals surface area contributed by atoms with Crippen LogP contribution in [0.25, 0.3) is 0 Å². The molecule has 0 heterocycles. The Bertz CT molecular complexity index is 269. The lowest BCUT2D eigenvalue weighted by Gasteiger charge is -2.17. The molecule has 2 nitrogen and oxygen atoms in total. The molecular formula is C12H17NO. The number of aliphatic hydroxyl groups excluding tert-OH is 1. The van der Waals surface area contributed by atoms with Gasteiger partial charge in [-0.25, -0.2) is 0 Å². The minimum atomic E-state index is 0.249. The SMILES string of the molecule is OCCC(NC1CC1)c1ccccc1. The van der Waals surface area contributed by atoms with Gasteiger partial charge in [0.1, 0.15) is 0 Å². The van der Waals surface area contributed by atoms with Crippen molar-refractivity contribution in [2.45, 2.75) is 31.3 Å². The van der Waals surface area contributed by atoms with Crippen molar-refractivity contribution in [2.75, 3.05) is 6.61 Å². The van der Waals surface area contributed by atoms with Crippen molar-refractivity contribution in [1.29, 1.82) is 0 Å². The van der Waals surface area contributed by atoms with Crippen LogP contribution in [0.4, 0.5) is 0 Å². The normalized spacial score (nSPS) is 18.1. The molecule has 1 atom stereocenters. The quantitative estimate of drug-likeness (QED) is 0.744. The van der Waals surface area contributed by atoms with Crippen LogP contribution in [0.15, 0.2) is 30.3 Å². The number of rotatable bonds is 5. The lowest BCUT2D eigenvalue weighted by atomic mass is 10.0. The Balaban J connectivity index is 2.01. The Morgan fingerprint density at radius 3 is 2.57 bits per heavy atom. The van der Waals surface area contributed by atoms with Crippen LogP contribution in [0, 0.1) is 0 Å². The third kappa shape index (κ3) is 2.56. The molecule has 1 aliphatic carbocycles. The van der Waals surface area contributed by atoms with E-state index in [1.54, 1.807) is 0 Å². The maximum Gasteiger partial charge on any atom is 0.0449 e. The maximum atomic E-state index is 8.99. The first-order valence-corrected chi connectivity index (χ1v) is 5.32. The third-order valence-electron chi connectivity index (χ3n) is 2.63. The summed E-state index contributed by atoms with van der Waals surface area (Å²) in [5.41, 5.74) is 1.29. The van der Waals surface area contributed by atoms with Crippen LogP contribution in [0.2, 0.25) is 0 Å². The fourth-order valence-corrected chi connectivity index (χ4v) is 1.70. The smallest absolute Gasteiger partial charge is 0.0449 e. The van der Waals surface area contributed by atoms with Gasteiger partial charge in [0.15, 0.2) is 0 Å². The minimum absolute atomic E-state index is 0.249. The van der Waals surface area contributed by atoms with Gasteiger partial charge in [0.05, 0.1) is 0 Å². The Morgan fingerprint density at radius 2 is 2.00 bits per heavy atom. The average Bonchev–Trinajstić information content (AvgIpc) is 3.03. The topological polar surface area (TPSA) is 32.3 Å². The molecule has 0 bridgehead atoms. The predicted octanol–water partition coefficient (Wildman–Crippen LogP) is 1.86. The van der Waals surface area contributed by atoms with E-state index in [-0.39, 0.29) is 6.61 Å². The van der Waals surface area contributed by atoms with E-state index in [4.69, 9.17) is 5.11 Å². The van der Waals surface area contributed by atoms with Gasteiger partial charge in [-0.05, 0) is 24.8 Å². The van der Waals surface area contributed by atoms with Crippen molar-refractivity contribution < 1.29 is 5.11 Å². The van der Waals surface area contributed by atoms with E-state index in [9.17, 15) is 0 Å². The van der Waals surface area contributed by atoms with E-state index in [0.717, 1.165) is 6.42 Å². The van der Waals surface area contributed by atoms with E-state index < -0.39 is 0 Å². The summed E-state index contributed by atoms with van der Waals surface area (Å²) in [6.07, 6.45) is 3.38. The van der Waals surface area contributed by atoms with Crippen molar-refractivity contribution >= 4 is 0 Å². The fraction of sp³-hybridized carbons (Fsp3) is 0.500. The molecule has 0 amide bonds. The van der Waals surface area contributed by atoms with E-state index in [1.165, 1.54) is 18.4 Å². The zero-order valence-electron chi connectivity index (χ0n) is 8.32. The summed E-state index contributed by atoms with van der Waals surface area (Å²) in [5.74, 6) is 0. The zero-order valence-corrected chi connectivity index (χ0v) is 8.32. The third-order valence-corrected chi connectivity index (χ3v) is 2.63. The second-order valence-electron chi connectivity index (χ2n) is 3.92. The van der Waals surface area contributed by atoms with Gasteiger partial charge in [0.25, 0.3) is 0 Å². The summed E-state index contributed by atoms with van der Waals surface area (Å²) in [6, 6.07) is 11.4. The summed E-state index contributed by atoms with van der Waals surface area (Å²) in [6.45, 7) is 0.249. The molecule has 1 saturated carbocycles. The predicted molar refractivity (Wildman–Crippen MR) is 57.0 cm³/mol. The first kappa shape index (κ1) is 9.69. The van der Waals surface area contributed by atoms with Crippen LogP contribution >= 0.6 is 0 Å². The number of hydrogen-bond donors (Lipinski definition) is 2. The molecule has 0 aliphatic heterocycles. The van der Waals surface area contributed by atoms with Gasteiger partial charge in [0, 0.05) is 18.7 Å². The maximum absolute atomic E-state index is 8.99. The highest BCUT2D eigenvalue weighted by atomic mass is 16.3. The summed E-state index contributed by atoms with van der Waals surface area (Å²) in [4.78, 5) is 0. The van der Waals surface area contributed by atoms with Gasteiger partial charge in [-0.3, -0.25) is 0 Å². The first-order chi connectivity index (χ1) is 6.90. The van der Waals surface area contributed by atoms with Crippen molar-refractivity contribution in [2.24, 2.45) is 0 Å². The van der Waals surface area contributed by atoms with E-state index >= 15 is 0 Å². The summed E-state index contributed by atoms with van der Waals surface area (Å²) < 4.78 is 0. The first-order valence-electron chi connectivity index (χ1n) is 5.32. The molecule has 76 valence electrons. The van der Waals surface area contributed by atoms with Gasteiger partial charge in [-0.15, -0.1) is 0 Å².